The zero-order valence-corrected chi connectivity index (χ0v) is 7.79. The Balaban J connectivity index is 2.30. The van der Waals surface area contributed by atoms with E-state index >= 15 is 0 Å². The topological polar surface area (TPSA) is 17.8 Å². The van der Waals surface area contributed by atoms with Crippen LogP contribution in [0.25, 0.3) is 11.3 Å². The van der Waals surface area contributed by atoms with Crippen molar-refractivity contribution < 1.29 is 4.39 Å². The quantitative estimate of drug-likeness (QED) is 0.529. The molecule has 2 aromatic rings. The van der Waals surface area contributed by atoms with E-state index in [4.69, 9.17) is 0 Å². The van der Waals surface area contributed by atoms with E-state index in [-0.39, 0.29) is 5.82 Å². The number of hydrogen-bond acceptors (Lipinski definition) is 1. The fraction of sp³-hybridized carbons (Fsp3) is 0.182. The Labute approximate surface area is 81.0 Å². The second-order valence-electron chi connectivity index (χ2n) is 3.64. The third-order valence-corrected chi connectivity index (χ3v) is 2.66. The summed E-state index contributed by atoms with van der Waals surface area (Å²) in [5, 5.41) is 4.23. The van der Waals surface area contributed by atoms with Crippen LogP contribution in [0.4, 0.5) is 4.39 Å². The van der Waals surface area contributed by atoms with Crippen molar-refractivity contribution in [3.05, 3.63) is 41.3 Å². The van der Waals surface area contributed by atoms with Gasteiger partial charge in [0.15, 0.2) is 0 Å². The van der Waals surface area contributed by atoms with Crippen molar-refractivity contribution >= 4 is 0 Å². The molecule has 0 aliphatic carbocycles. The Kier molecular flexibility index (Phi) is 1.35. The number of halogens is 1. The van der Waals surface area contributed by atoms with E-state index in [1.165, 1.54) is 6.07 Å². The van der Waals surface area contributed by atoms with Gasteiger partial charge in [0.25, 0.3) is 0 Å². The Morgan fingerprint density at radius 3 is 3.14 bits per heavy atom. The summed E-state index contributed by atoms with van der Waals surface area (Å²) >= 11 is 0. The lowest BCUT2D eigenvalue weighted by molar-refractivity contribution is 0.624. The van der Waals surface area contributed by atoms with Crippen LogP contribution in [0.5, 0.6) is 0 Å². The van der Waals surface area contributed by atoms with Crippen LogP contribution in [0.2, 0.25) is 0 Å². The molecule has 2 heterocycles. The van der Waals surface area contributed by atoms with Gasteiger partial charge in [0.2, 0.25) is 0 Å². The summed E-state index contributed by atoms with van der Waals surface area (Å²) in [4.78, 5) is 0. The second-order valence-corrected chi connectivity index (χ2v) is 3.64. The summed E-state index contributed by atoms with van der Waals surface area (Å²) in [6.45, 7) is 2.72. The van der Waals surface area contributed by atoms with Crippen molar-refractivity contribution in [3.8, 4) is 11.3 Å². The summed E-state index contributed by atoms with van der Waals surface area (Å²) < 4.78 is 14.9. The lowest BCUT2D eigenvalue weighted by Gasteiger charge is -1.98. The van der Waals surface area contributed by atoms with Gasteiger partial charge in [-0.2, -0.15) is 5.10 Å². The van der Waals surface area contributed by atoms with Crippen LogP contribution < -0.4 is 0 Å². The summed E-state index contributed by atoms with van der Waals surface area (Å²) in [7, 11) is 0. The van der Waals surface area contributed by atoms with Gasteiger partial charge in [0.1, 0.15) is 5.82 Å². The SMILES string of the molecule is Cc1cnn2c1-c1ccc(F)cc1C2. The van der Waals surface area contributed by atoms with Crippen molar-refractivity contribution in [2.24, 2.45) is 0 Å². The van der Waals surface area contributed by atoms with E-state index in [0.717, 1.165) is 22.4 Å². The van der Waals surface area contributed by atoms with Gasteiger partial charge >= 0.3 is 0 Å². The molecule has 70 valence electrons. The van der Waals surface area contributed by atoms with Crippen molar-refractivity contribution in [2.45, 2.75) is 13.5 Å². The van der Waals surface area contributed by atoms with Gasteiger partial charge in [-0.3, -0.25) is 4.68 Å². The first kappa shape index (κ1) is 7.74. The molecule has 1 aromatic heterocycles. The van der Waals surface area contributed by atoms with Crippen LogP contribution >= 0.6 is 0 Å². The zero-order chi connectivity index (χ0) is 9.71. The third kappa shape index (κ3) is 0.867. The minimum Gasteiger partial charge on any atom is -0.260 e. The molecule has 0 N–H and O–H groups in total. The zero-order valence-electron chi connectivity index (χ0n) is 7.79. The Hall–Kier alpha value is -1.64. The molecule has 3 rings (SSSR count). The molecule has 1 aromatic carbocycles. The van der Waals surface area contributed by atoms with Gasteiger partial charge in [-0.25, -0.2) is 4.39 Å². The predicted molar refractivity (Wildman–Crippen MR) is 51.5 cm³/mol. The molecule has 3 heteroatoms. The number of nitrogens with zero attached hydrogens (tertiary/aromatic N) is 2. The largest absolute Gasteiger partial charge is 0.260 e. The van der Waals surface area contributed by atoms with E-state index in [1.54, 1.807) is 6.07 Å². The van der Waals surface area contributed by atoms with Crippen molar-refractivity contribution in [1.82, 2.24) is 9.78 Å². The first-order valence-corrected chi connectivity index (χ1v) is 4.57. The maximum absolute atomic E-state index is 13.0. The molecule has 0 unspecified atom stereocenters. The fourth-order valence-electron chi connectivity index (χ4n) is 2.04. The number of aromatic nitrogens is 2. The maximum Gasteiger partial charge on any atom is 0.123 e. The van der Waals surface area contributed by atoms with Crippen molar-refractivity contribution in [3.63, 3.8) is 0 Å². The fourth-order valence-corrected chi connectivity index (χ4v) is 2.04. The molecule has 0 saturated heterocycles. The van der Waals surface area contributed by atoms with Gasteiger partial charge < -0.3 is 0 Å². The van der Waals surface area contributed by atoms with Gasteiger partial charge in [0.05, 0.1) is 18.4 Å². The lowest BCUT2D eigenvalue weighted by atomic mass is 10.1. The van der Waals surface area contributed by atoms with E-state index in [1.807, 2.05) is 23.9 Å². The average molecular weight is 188 g/mol. The first-order chi connectivity index (χ1) is 6.75. The van der Waals surface area contributed by atoms with E-state index in [9.17, 15) is 4.39 Å². The van der Waals surface area contributed by atoms with Crippen LogP contribution in [-0.4, -0.2) is 9.78 Å². The molecular formula is C11H9FN2. The van der Waals surface area contributed by atoms with Crippen LogP contribution in [0.15, 0.2) is 24.4 Å². The third-order valence-electron chi connectivity index (χ3n) is 2.66. The normalized spacial score (nSPS) is 12.7. The Bertz CT molecular complexity index is 514. The number of benzene rings is 1. The van der Waals surface area contributed by atoms with Crippen molar-refractivity contribution in [1.29, 1.82) is 0 Å². The highest BCUT2D eigenvalue weighted by Crippen LogP contribution is 2.33. The van der Waals surface area contributed by atoms with Crippen LogP contribution in [0.1, 0.15) is 11.1 Å². The highest BCUT2D eigenvalue weighted by molar-refractivity contribution is 5.70. The number of fused-ring (bicyclic) bond motifs is 3. The van der Waals surface area contributed by atoms with Crippen LogP contribution in [0.3, 0.4) is 0 Å². The van der Waals surface area contributed by atoms with Gasteiger partial charge in [-0.15, -0.1) is 0 Å². The lowest BCUT2D eigenvalue weighted by Crippen LogP contribution is -1.94. The number of rotatable bonds is 0. The van der Waals surface area contributed by atoms with E-state index < -0.39 is 0 Å². The Morgan fingerprint density at radius 1 is 1.43 bits per heavy atom. The molecule has 0 radical (unpaired) electrons. The molecule has 0 bridgehead atoms. The van der Waals surface area contributed by atoms with Crippen LogP contribution in [0, 0.1) is 12.7 Å². The maximum atomic E-state index is 13.0. The second kappa shape index (κ2) is 2.44. The van der Waals surface area contributed by atoms with Crippen LogP contribution in [-0.2, 0) is 6.54 Å². The van der Waals surface area contributed by atoms with Crippen molar-refractivity contribution in [2.75, 3.05) is 0 Å². The molecule has 0 saturated carbocycles. The molecule has 2 nitrogen and oxygen atoms in total. The first-order valence-electron chi connectivity index (χ1n) is 4.57. The number of aryl methyl sites for hydroxylation is 1. The molecule has 0 spiro atoms. The summed E-state index contributed by atoms with van der Waals surface area (Å²) in [6, 6.07) is 4.92. The highest BCUT2D eigenvalue weighted by atomic mass is 19.1. The van der Waals surface area contributed by atoms with Gasteiger partial charge in [0, 0.05) is 5.56 Å². The monoisotopic (exact) mass is 188 g/mol. The average Bonchev–Trinajstić information content (AvgIpc) is 2.66. The minimum absolute atomic E-state index is 0.174. The summed E-state index contributed by atoms with van der Waals surface area (Å²) in [5.74, 6) is -0.174. The van der Waals surface area contributed by atoms with E-state index in [0.29, 0.717) is 6.54 Å². The molecule has 0 fully saturated rings. The summed E-state index contributed by atoms with van der Waals surface area (Å²) in [6.07, 6.45) is 1.85. The molecule has 0 amide bonds. The molecule has 1 aliphatic heterocycles. The van der Waals surface area contributed by atoms with Gasteiger partial charge in [-0.05, 0) is 36.2 Å². The molecular weight excluding hydrogens is 179 g/mol. The number of hydrogen-bond donors (Lipinski definition) is 0. The molecule has 14 heavy (non-hydrogen) atoms. The highest BCUT2D eigenvalue weighted by Gasteiger charge is 2.21. The van der Waals surface area contributed by atoms with E-state index in [2.05, 4.69) is 5.10 Å². The Morgan fingerprint density at radius 2 is 2.29 bits per heavy atom. The molecule has 1 aliphatic rings. The standard InChI is InChI=1S/C11H9FN2/c1-7-5-13-14-6-8-4-9(12)2-3-10(8)11(7)14/h2-5H,6H2,1H3. The summed E-state index contributed by atoms with van der Waals surface area (Å²) in [5.41, 5.74) is 4.41. The molecule has 0 atom stereocenters. The van der Waals surface area contributed by atoms with Gasteiger partial charge in [-0.1, -0.05) is 0 Å². The smallest absolute Gasteiger partial charge is 0.123 e. The minimum atomic E-state index is -0.174. The predicted octanol–water partition coefficient (Wildman–Crippen LogP) is 2.36.